The van der Waals surface area contributed by atoms with Crippen LogP contribution in [0.4, 0.5) is 35.1 Å². The second-order valence-corrected chi connectivity index (χ2v) is 11.6. The number of alkyl halides is 5. The van der Waals surface area contributed by atoms with Crippen molar-refractivity contribution in [3.63, 3.8) is 0 Å². The van der Waals surface area contributed by atoms with Gasteiger partial charge in [0.15, 0.2) is 5.69 Å². The van der Waals surface area contributed by atoms with E-state index < -0.39 is 100 Å². The van der Waals surface area contributed by atoms with Gasteiger partial charge in [0.2, 0.25) is 11.6 Å². The van der Waals surface area contributed by atoms with Gasteiger partial charge in [0.05, 0.1) is 23.2 Å². The molecule has 2 amide bonds. The maximum Gasteiger partial charge on any atom is 0.435 e. The first-order valence-electron chi connectivity index (χ1n) is 14.5. The van der Waals surface area contributed by atoms with Crippen molar-refractivity contribution in [2.45, 2.75) is 37.0 Å². The number of nitrogens with two attached hydrogens (primary N) is 1. The van der Waals surface area contributed by atoms with Crippen molar-refractivity contribution < 1.29 is 49.1 Å². The van der Waals surface area contributed by atoms with Crippen molar-refractivity contribution in [2.75, 3.05) is 0 Å². The molecule has 3 aromatic heterocycles. The Morgan fingerprint density at radius 3 is 2.44 bits per heavy atom. The molecular formula is C32H18F8N6O4. The monoisotopic (exact) mass is 702 g/mol. The lowest BCUT2D eigenvalue weighted by molar-refractivity contribution is -0.142. The summed E-state index contributed by atoms with van der Waals surface area (Å²) in [6, 6.07) is 5.29. The molecule has 3 heterocycles. The molecule has 256 valence electrons. The van der Waals surface area contributed by atoms with Gasteiger partial charge in [-0.15, -0.1) is 0 Å². The van der Waals surface area contributed by atoms with Gasteiger partial charge in [-0.3, -0.25) is 19.3 Å². The Labute approximate surface area is 273 Å². The average molecular weight is 703 g/mol. The SMILES string of the molecule is NC(=O)c1cc(-c2cc3[nH]c(=O)oc3nc2[C@H](Cc2cc(F)cc(F)c2)NC(=O)Cn2nc(C(F)(F)F)c3c2C(F)(F)[C@@H]2C#C[C@H]32)ccc1F. The van der Waals surface area contributed by atoms with Crippen LogP contribution in [0.15, 0.2) is 51.7 Å². The lowest BCUT2D eigenvalue weighted by Gasteiger charge is -2.24. The number of aromatic nitrogens is 4. The summed E-state index contributed by atoms with van der Waals surface area (Å²) in [5.41, 5.74) is 0.578. The number of carbonyl (C=O) groups excluding carboxylic acids is 2. The Kier molecular flexibility index (Phi) is 7.35. The molecular weight excluding hydrogens is 684 g/mol. The lowest BCUT2D eigenvalue weighted by Crippen LogP contribution is -2.36. The van der Waals surface area contributed by atoms with E-state index in [9.17, 15) is 40.7 Å². The highest BCUT2D eigenvalue weighted by molar-refractivity contribution is 5.95. The second-order valence-electron chi connectivity index (χ2n) is 11.6. The van der Waals surface area contributed by atoms with E-state index in [2.05, 4.69) is 32.2 Å². The number of hydrogen-bond donors (Lipinski definition) is 3. The normalized spacial score (nSPS) is 17.8. The first-order valence-corrected chi connectivity index (χ1v) is 14.5. The second kappa shape index (κ2) is 11.3. The smallest absolute Gasteiger partial charge is 0.389 e. The van der Waals surface area contributed by atoms with Gasteiger partial charge in [-0.25, -0.2) is 22.9 Å². The molecule has 18 heteroatoms. The number of aromatic amines is 1. The number of primary amides is 1. The van der Waals surface area contributed by atoms with Crippen molar-refractivity contribution in [3.8, 4) is 23.0 Å². The number of hydrogen-bond acceptors (Lipinski definition) is 6. The summed E-state index contributed by atoms with van der Waals surface area (Å²) in [5, 5.41) is 5.77. The molecule has 0 saturated heterocycles. The molecule has 0 spiro atoms. The van der Waals surface area contributed by atoms with E-state index in [0.717, 1.165) is 24.3 Å². The van der Waals surface area contributed by atoms with Crippen LogP contribution in [0.3, 0.4) is 0 Å². The minimum absolute atomic E-state index is 0.00109. The number of rotatable bonds is 8. The fraction of sp³-hybridized carbons (Fsp3) is 0.219. The van der Waals surface area contributed by atoms with Gasteiger partial charge in [0, 0.05) is 17.2 Å². The van der Waals surface area contributed by atoms with Crippen LogP contribution in [-0.2, 0) is 29.9 Å². The molecule has 0 fully saturated rings. The van der Waals surface area contributed by atoms with Gasteiger partial charge in [-0.05, 0) is 47.9 Å². The average Bonchev–Trinajstić information content (AvgIpc) is 3.58. The fourth-order valence-electron chi connectivity index (χ4n) is 6.22. The number of amides is 2. The lowest BCUT2D eigenvalue weighted by atomic mass is 9.84. The van der Waals surface area contributed by atoms with Crippen LogP contribution in [0.5, 0.6) is 0 Å². The Bertz CT molecular complexity index is 2370. The van der Waals surface area contributed by atoms with Crippen LogP contribution in [-0.4, -0.2) is 31.6 Å². The van der Waals surface area contributed by atoms with Crippen LogP contribution < -0.4 is 16.8 Å². The predicted molar refractivity (Wildman–Crippen MR) is 155 cm³/mol. The third-order valence-corrected chi connectivity index (χ3v) is 8.31. The van der Waals surface area contributed by atoms with Gasteiger partial charge in [-0.2, -0.15) is 27.1 Å². The van der Waals surface area contributed by atoms with Gasteiger partial charge in [0.1, 0.15) is 41.1 Å². The van der Waals surface area contributed by atoms with E-state index in [-0.39, 0.29) is 38.3 Å². The zero-order valence-electron chi connectivity index (χ0n) is 24.8. The molecule has 0 unspecified atom stereocenters. The van der Waals surface area contributed by atoms with Gasteiger partial charge in [-0.1, -0.05) is 17.9 Å². The number of nitrogens with one attached hydrogen (secondary N) is 2. The van der Waals surface area contributed by atoms with Gasteiger partial charge in [0.25, 0.3) is 5.91 Å². The van der Waals surface area contributed by atoms with Crippen molar-refractivity contribution in [3.05, 3.63) is 104 Å². The quantitative estimate of drug-likeness (QED) is 0.156. The number of pyridine rings is 1. The molecule has 4 N–H and O–H groups in total. The van der Waals surface area contributed by atoms with E-state index in [1.165, 1.54) is 12.1 Å². The third-order valence-electron chi connectivity index (χ3n) is 8.31. The summed E-state index contributed by atoms with van der Waals surface area (Å²) in [4.78, 5) is 44.2. The minimum Gasteiger partial charge on any atom is -0.389 e. The first kappa shape index (κ1) is 32.6. The Balaban J connectivity index is 1.34. The summed E-state index contributed by atoms with van der Waals surface area (Å²) in [6.07, 6.45) is -5.64. The number of benzene rings is 2. The van der Waals surface area contributed by atoms with E-state index >= 15 is 8.78 Å². The maximum atomic E-state index is 15.3. The highest BCUT2D eigenvalue weighted by Crippen LogP contribution is 2.58. The molecule has 2 aliphatic rings. The molecule has 50 heavy (non-hydrogen) atoms. The zero-order valence-corrected chi connectivity index (χ0v) is 24.8. The molecule has 0 saturated carbocycles. The van der Waals surface area contributed by atoms with Gasteiger partial charge >= 0.3 is 17.9 Å². The molecule has 0 radical (unpaired) electrons. The van der Waals surface area contributed by atoms with Crippen molar-refractivity contribution >= 4 is 23.0 Å². The van der Waals surface area contributed by atoms with Crippen LogP contribution in [0.2, 0.25) is 0 Å². The van der Waals surface area contributed by atoms with E-state index in [4.69, 9.17) is 10.2 Å². The van der Waals surface area contributed by atoms with Crippen LogP contribution >= 0.6 is 0 Å². The highest BCUT2D eigenvalue weighted by atomic mass is 19.4. The van der Waals surface area contributed by atoms with E-state index in [1.54, 1.807) is 0 Å². The summed E-state index contributed by atoms with van der Waals surface area (Å²) in [7, 11) is 0. The number of carbonyl (C=O) groups is 2. The number of oxazole rings is 1. The molecule has 2 aliphatic carbocycles. The first-order chi connectivity index (χ1) is 23.5. The van der Waals surface area contributed by atoms with E-state index in [1.807, 2.05) is 0 Å². The molecule has 0 bridgehead atoms. The number of halogens is 8. The number of H-pyrrole nitrogens is 1. The Morgan fingerprint density at radius 2 is 1.80 bits per heavy atom. The van der Waals surface area contributed by atoms with Crippen LogP contribution in [0.1, 0.15) is 50.5 Å². The van der Waals surface area contributed by atoms with Crippen molar-refractivity contribution in [1.82, 2.24) is 25.1 Å². The summed E-state index contributed by atoms with van der Waals surface area (Å²) >= 11 is 0. The Hall–Kier alpha value is -5.99. The fourth-order valence-corrected chi connectivity index (χ4v) is 6.22. The maximum absolute atomic E-state index is 15.3. The largest absolute Gasteiger partial charge is 0.435 e. The van der Waals surface area contributed by atoms with Gasteiger partial charge < -0.3 is 15.5 Å². The van der Waals surface area contributed by atoms with Crippen molar-refractivity contribution in [1.29, 1.82) is 0 Å². The standard InChI is InChI=1S/C32H18F8N6O4/c33-14-5-12(6-15(34)9-14)7-21(25-17(10-22-29(44-25)50-30(49)43-22)13-1-4-20(35)18(8-13)28(41)48)42-23(47)11-46-27-24(26(45-46)32(38,39)40)16-2-3-19(16)31(27,36)37/h1,4-6,8-10,16,19,21H,7,11H2,(H2,41,48)(H,42,47)(H,43,49)/t16-,19+,21-/m0/s1. The number of fused-ring (bicyclic) bond motifs is 4. The van der Waals surface area contributed by atoms with Crippen molar-refractivity contribution in [2.24, 2.45) is 11.7 Å². The third kappa shape index (κ3) is 5.44. The summed E-state index contributed by atoms with van der Waals surface area (Å²) in [6.45, 7) is -1.18. The predicted octanol–water partition coefficient (Wildman–Crippen LogP) is 4.84. The molecule has 3 atom stereocenters. The molecule has 5 aromatic rings. The highest BCUT2D eigenvalue weighted by Gasteiger charge is 2.62. The van der Waals surface area contributed by atoms with E-state index in [0.29, 0.717) is 6.07 Å². The summed E-state index contributed by atoms with van der Waals surface area (Å²) in [5.74, 6) is -8.93. The molecule has 2 aromatic carbocycles. The summed E-state index contributed by atoms with van der Waals surface area (Å²) < 4.78 is 121. The molecule has 7 rings (SSSR count). The minimum atomic E-state index is -5.16. The molecule has 0 aliphatic heterocycles. The Morgan fingerprint density at radius 1 is 1.08 bits per heavy atom. The topological polar surface area (TPSA) is 149 Å². The zero-order chi connectivity index (χ0) is 35.9. The van der Waals surface area contributed by atoms with Crippen LogP contribution in [0.25, 0.3) is 22.4 Å². The number of nitrogens with zero attached hydrogens (tertiary/aromatic N) is 3. The molecule has 10 nitrogen and oxygen atoms in total. The van der Waals surface area contributed by atoms with Crippen LogP contribution in [0, 0.1) is 35.2 Å².